The molecule has 1 aromatic carbocycles. The zero-order chi connectivity index (χ0) is 11.4. The number of unbranched alkanes of at least 4 members (excludes halogenated alkanes) is 1. The van der Waals surface area contributed by atoms with Crippen LogP contribution in [-0.4, -0.2) is 9.55 Å². The molecule has 1 heterocycles. The summed E-state index contributed by atoms with van der Waals surface area (Å²) in [5, 5.41) is 0. The molecule has 0 bridgehead atoms. The van der Waals surface area contributed by atoms with E-state index in [-0.39, 0.29) is 0 Å². The molecule has 2 aromatic rings. The van der Waals surface area contributed by atoms with Crippen LogP contribution >= 0.6 is 0 Å². The maximum atomic E-state index is 4.08. The summed E-state index contributed by atoms with van der Waals surface area (Å²) in [6, 6.07) is 6.61. The molecule has 0 unspecified atom stereocenters. The Morgan fingerprint density at radius 1 is 1.31 bits per heavy atom. The SMILES string of the molecule is CCCCc1cc(-n2ccnc2)ccc1C. The highest BCUT2D eigenvalue weighted by molar-refractivity contribution is 5.40. The van der Waals surface area contributed by atoms with Gasteiger partial charge in [0, 0.05) is 18.1 Å². The third kappa shape index (κ3) is 2.32. The highest BCUT2D eigenvalue weighted by atomic mass is 15.0. The van der Waals surface area contributed by atoms with E-state index in [2.05, 4.69) is 41.6 Å². The number of hydrogen-bond acceptors (Lipinski definition) is 1. The van der Waals surface area contributed by atoms with Gasteiger partial charge in [-0.1, -0.05) is 19.4 Å². The van der Waals surface area contributed by atoms with Crippen LogP contribution in [0.5, 0.6) is 0 Å². The fourth-order valence-corrected chi connectivity index (χ4v) is 1.87. The minimum Gasteiger partial charge on any atom is -0.306 e. The summed E-state index contributed by atoms with van der Waals surface area (Å²) >= 11 is 0. The Morgan fingerprint density at radius 2 is 2.19 bits per heavy atom. The summed E-state index contributed by atoms with van der Waals surface area (Å²) in [5.74, 6) is 0. The Morgan fingerprint density at radius 3 is 2.88 bits per heavy atom. The summed E-state index contributed by atoms with van der Waals surface area (Å²) in [5.41, 5.74) is 4.04. The summed E-state index contributed by atoms with van der Waals surface area (Å²) in [6.45, 7) is 4.41. The van der Waals surface area contributed by atoms with E-state index in [1.807, 2.05) is 18.7 Å². The van der Waals surface area contributed by atoms with E-state index >= 15 is 0 Å². The molecular formula is C14H18N2. The summed E-state index contributed by atoms with van der Waals surface area (Å²) in [6.07, 6.45) is 9.31. The molecule has 0 aliphatic rings. The van der Waals surface area contributed by atoms with Gasteiger partial charge in [0.15, 0.2) is 0 Å². The van der Waals surface area contributed by atoms with E-state index in [0.717, 1.165) is 0 Å². The number of benzene rings is 1. The van der Waals surface area contributed by atoms with Crippen molar-refractivity contribution in [3.8, 4) is 5.69 Å². The van der Waals surface area contributed by atoms with E-state index in [4.69, 9.17) is 0 Å². The minimum absolute atomic E-state index is 1.17. The molecule has 0 radical (unpaired) electrons. The van der Waals surface area contributed by atoms with Crippen LogP contribution in [0.1, 0.15) is 30.9 Å². The van der Waals surface area contributed by atoms with Crippen molar-refractivity contribution in [1.29, 1.82) is 0 Å². The monoisotopic (exact) mass is 214 g/mol. The lowest BCUT2D eigenvalue weighted by Gasteiger charge is -2.09. The lowest BCUT2D eigenvalue weighted by atomic mass is 10.0. The first-order valence-corrected chi connectivity index (χ1v) is 5.89. The number of hydrogen-bond donors (Lipinski definition) is 0. The van der Waals surface area contributed by atoms with E-state index in [9.17, 15) is 0 Å². The van der Waals surface area contributed by atoms with Gasteiger partial charge in [-0.05, 0) is 43.0 Å². The second kappa shape index (κ2) is 4.97. The highest BCUT2D eigenvalue weighted by Gasteiger charge is 2.01. The average Bonchev–Trinajstić information content (AvgIpc) is 2.81. The first-order chi connectivity index (χ1) is 7.81. The van der Waals surface area contributed by atoms with Gasteiger partial charge in [-0.2, -0.15) is 0 Å². The molecule has 1 aromatic heterocycles. The summed E-state index contributed by atoms with van der Waals surface area (Å²) in [7, 11) is 0. The molecule has 0 N–H and O–H groups in total. The van der Waals surface area contributed by atoms with Gasteiger partial charge in [0.25, 0.3) is 0 Å². The largest absolute Gasteiger partial charge is 0.306 e. The van der Waals surface area contributed by atoms with Gasteiger partial charge in [-0.15, -0.1) is 0 Å². The maximum absolute atomic E-state index is 4.08. The fraction of sp³-hybridized carbons (Fsp3) is 0.357. The molecule has 2 nitrogen and oxygen atoms in total. The van der Waals surface area contributed by atoms with Gasteiger partial charge in [0.05, 0.1) is 6.33 Å². The molecule has 0 spiro atoms. The van der Waals surface area contributed by atoms with E-state index in [1.54, 1.807) is 0 Å². The van der Waals surface area contributed by atoms with E-state index < -0.39 is 0 Å². The summed E-state index contributed by atoms with van der Waals surface area (Å²) in [4.78, 5) is 4.08. The van der Waals surface area contributed by atoms with Gasteiger partial charge >= 0.3 is 0 Å². The lowest BCUT2D eigenvalue weighted by molar-refractivity contribution is 0.790. The Labute approximate surface area is 97.0 Å². The Bertz CT molecular complexity index is 444. The number of aromatic nitrogens is 2. The molecule has 0 aliphatic carbocycles. The van der Waals surface area contributed by atoms with Crippen LogP contribution in [0.15, 0.2) is 36.9 Å². The zero-order valence-corrected chi connectivity index (χ0v) is 9.98. The third-order valence-electron chi connectivity index (χ3n) is 2.93. The van der Waals surface area contributed by atoms with Gasteiger partial charge in [0.2, 0.25) is 0 Å². The van der Waals surface area contributed by atoms with Crippen LogP contribution in [0.3, 0.4) is 0 Å². The standard InChI is InChI=1S/C14H18N2/c1-3-4-5-13-10-14(7-6-12(13)2)16-9-8-15-11-16/h6-11H,3-5H2,1-2H3. The van der Waals surface area contributed by atoms with Crippen molar-refractivity contribution in [1.82, 2.24) is 9.55 Å². The normalized spacial score (nSPS) is 10.6. The third-order valence-corrected chi connectivity index (χ3v) is 2.93. The van der Waals surface area contributed by atoms with Crippen molar-refractivity contribution in [3.63, 3.8) is 0 Å². The first-order valence-electron chi connectivity index (χ1n) is 5.89. The molecule has 2 heteroatoms. The molecule has 0 saturated carbocycles. The molecule has 16 heavy (non-hydrogen) atoms. The van der Waals surface area contributed by atoms with Gasteiger partial charge in [-0.3, -0.25) is 0 Å². The number of nitrogens with zero attached hydrogens (tertiary/aromatic N) is 2. The average molecular weight is 214 g/mol. The van der Waals surface area contributed by atoms with Gasteiger partial charge in [-0.25, -0.2) is 4.98 Å². The van der Waals surface area contributed by atoms with E-state index in [1.165, 1.54) is 36.1 Å². The van der Waals surface area contributed by atoms with Crippen molar-refractivity contribution in [2.75, 3.05) is 0 Å². The first kappa shape index (κ1) is 10.9. The number of aryl methyl sites for hydroxylation is 2. The van der Waals surface area contributed by atoms with Crippen LogP contribution in [0, 0.1) is 6.92 Å². The van der Waals surface area contributed by atoms with Crippen molar-refractivity contribution in [2.45, 2.75) is 33.1 Å². The molecular weight excluding hydrogens is 196 g/mol. The van der Waals surface area contributed by atoms with Crippen molar-refractivity contribution < 1.29 is 0 Å². The Kier molecular flexibility index (Phi) is 3.40. The lowest BCUT2D eigenvalue weighted by Crippen LogP contribution is -1.95. The van der Waals surface area contributed by atoms with Gasteiger partial charge in [0.1, 0.15) is 0 Å². The van der Waals surface area contributed by atoms with Gasteiger partial charge < -0.3 is 4.57 Å². The molecule has 0 saturated heterocycles. The number of rotatable bonds is 4. The quantitative estimate of drug-likeness (QED) is 0.761. The smallest absolute Gasteiger partial charge is 0.0991 e. The zero-order valence-electron chi connectivity index (χ0n) is 9.98. The predicted molar refractivity (Wildman–Crippen MR) is 66.9 cm³/mol. The summed E-state index contributed by atoms with van der Waals surface area (Å²) < 4.78 is 2.05. The predicted octanol–water partition coefficient (Wildman–Crippen LogP) is 3.52. The topological polar surface area (TPSA) is 17.8 Å². The molecule has 0 fully saturated rings. The minimum atomic E-state index is 1.17. The van der Waals surface area contributed by atoms with Crippen molar-refractivity contribution >= 4 is 0 Å². The van der Waals surface area contributed by atoms with Crippen LogP contribution in [0.2, 0.25) is 0 Å². The Balaban J connectivity index is 2.28. The van der Waals surface area contributed by atoms with Crippen LogP contribution in [0.4, 0.5) is 0 Å². The Hall–Kier alpha value is -1.57. The number of imidazole rings is 1. The molecule has 0 aliphatic heterocycles. The van der Waals surface area contributed by atoms with E-state index in [0.29, 0.717) is 0 Å². The second-order valence-electron chi connectivity index (χ2n) is 4.18. The van der Waals surface area contributed by atoms with Crippen molar-refractivity contribution in [2.24, 2.45) is 0 Å². The van der Waals surface area contributed by atoms with Crippen LogP contribution in [0.25, 0.3) is 5.69 Å². The molecule has 84 valence electrons. The van der Waals surface area contributed by atoms with Crippen molar-refractivity contribution in [3.05, 3.63) is 48.0 Å². The second-order valence-corrected chi connectivity index (χ2v) is 4.18. The van der Waals surface area contributed by atoms with Crippen LogP contribution in [-0.2, 0) is 6.42 Å². The van der Waals surface area contributed by atoms with Crippen LogP contribution < -0.4 is 0 Å². The fourth-order valence-electron chi connectivity index (χ4n) is 1.87. The molecule has 2 rings (SSSR count). The molecule has 0 amide bonds. The molecule has 0 atom stereocenters. The maximum Gasteiger partial charge on any atom is 0.0991 e. The highest BCUT2D eigenvalue weighted by Crippen LogP contribution is 2.16.